The summed E-state index contributed by atoms with van der Waals surface area (Å²) in [6.07, 6.45) is 7.95. The van der Waals surface area contributed by atoms with Crippen LogP contribution in [0.4, 0.5) is 5.82 Å². The number of nitrogens with one attached hydrogen (secondary N) is 1. The topological polar surface area (TPSA) is 50.9 Å². The smallest absolute Gasteiger partial charge is 0.126 e. The van der Waals surface area contributed by atoms with Gasteiger partial charge >= 0.3 is 0 Å². The lowest BCUT2D eigenvalue weighted by molar-refractivity contribution is 0.431. The first-order chi connectivity index (χ1) is 7.99. The molecule has 0 unspecified atom stereocenters. The first kappa shape index (κ1) is 13.7. The van der Waals surface area contributed by atoms with Gasteiger partial charge in [0.2, 0.25) is 0 Å². The van der Waals surface area contributed by atoms with Crippen molar-refractivity contribution in [3.8, 4) is 0 Å². The van der Waals surface area contributed by atoms with Crippen LogP contribution in [-0.2, 0) is 6.42 Å². The summed E-state index contributed by atoms with van der Waals surface area (Å²) in [7, 11) is 0. The van der Waals surface area contributed by atoms with E-state index in [0.717, 1.165) is 24.9 Å². The van der Waals surface area contributed by atoms with Crippen LogP contribution in [0.1, 0.15) is 32.8 Å². The predicted molar refractivity (Wildman–Crippen MR) is 73.9 cm³/mol. The van der Waals surface area contributed by atoms with E-state index >= 15 is 0 Å². The molecule has 3 heteroatoms. The van der Waals surface area contributed by atoms with Gasteiger partial charge in [-0.15, -0.1) is 0 Å². The normalized spacial score (nSPS) is 12.2. The lowest BCUT2D eigenvalue weighted by atomic mass is 10.1. The molecule has 3 N–H and O–H groups in total. The molecular formula is C14H23N3. The molecule has 1 aromatic heterocycles. The van der Waals surface area contributed by atoms with E-state index in [1.165, 1.54) is 0 Å². The van der Waals surface area contributed by atoms with Gasteiger partial charge in [-0.1, -0.05) is 18.2 Å². The third-order valence-electron chi connectivity index (χ3n) is 2.40. The number of allylic oxidation sites excluding steroid dienone is 1. The molecule has 0 spiro atoms. The molecule has 0 atom stereocenters. The quantitative estimate of drug-likeness (QED) is 0.607. The summed E-state index contributed by atoms with van der Waals surface area (Å²) < 4.78 is 0. The van der Waals surface area contributed by atoms with Gasteiger partial charge in [-0.05, 0) is 51.8 Å². The number of nitrogens with two attached hydrogens (primary N) is 1. The molecule has 0 saturated heterocycles. The fourth-order valence-electron chi connectivity index (χ4n) is 1.48. The van der Waals surface area contributed by atoms with Crippen molar-refractivity contribution in [2.24, 2.45) is 0 Å². The second-order valence-electron chi connectivity index (χ2n) is 5.19. The van der Waals surface area contributed by atoms with Crippen molar-refractivity contribution in [1.29, 1.82) is 0 Å². The van der Waals surface area contributed by atoms with Crippen LogP contribution in [0, 0.1) is 0 Å². The van der Waals surface area contributed by atoms with E-state index in [1.807, 2.05) is 12.1 Å². The fourth-order valence-corrected chi connectivity index (χ4v) is 1.48. The van der Waals surface area contributed by atoms with Crippen LogP contribution in [0.3, 0.4) is 0 Å². The van der Waals surface area contributed by atoms with Gasteiger partial charge in [0.1, 0.15) is 5.82 Å². The zero-order chi connectivity index (χ0) is 12.7. The Morgan fingerprint density at radius 2 is 2.12 bits per heavy atom. The molecule has 0 aromatic carbocycles. The van der Waals surface area contributed by atoms with Crippen LogP contribution in [0.15, 0.2) is 30.5 Å². The Bertz CT molecular complexity index is 364. The summed E-state index contributed by atoms with van der Waals surface area (Å²) in [5, 5.41) is 3.44. The summed E-state index contributed by atoms with van der Waals surface area (Å²) in [6.45, 7) is 7.52. The van der Waals surface area contributed by atoms with Crippen LogP contribution in [0.25, 0.3) is 0 Å². The number of pyridine rings is 1. The number of hydrogen-bond donors (Lipinski definition) is 2. The minimum absolute atomic E-state index is 0.196. The summed E-state index contributed by atoms with van der Waals surface area (Å²) >= 11 is 0. The number of anilines is 1. The molecule has 17 heavy (non-hydrogen) atoms. The maximum atomic E-state index is 5.76. The molecule has 0 amide bonds. The summed E-state index contributed by atoms with van der Waals surface area (Å²) in [5.41, 5.74) is 7.05. The summed E-state index contributed by atoms with van der Waals surface area (Å²) in [6, 6.07) is 3.93. The number of nitrogens with zero attached hydrogens (tertiary/aromatic N) is 1. The molecule has 1 aromatic rings. The maximum Gasteiger partial charge on any atom is 0.126 e. The molecule has 0 radical (unpaired) electrons. The highest BCUT2D eigenvalue weighted by Gasteiger charge is 2.06. The van der Waals surface area contributed by atoms with Gasteiger partial charge in [0.05, 0.1) is 0 Å². The molecular weight excluding hydrogens is 210 g/mol. The largest absolute Gasteiger partial charge is 0.383 e. The van der Waals surface area contributed by atoms with Crippen molar-refractivity contribution in [3.05, 3.63) is 36.0 Å². The van der Waals surface area contributed by atoms with Crippen molar-refractivity contribution in [2.45, 2.75) is 39.2 Å². The van der Waals surface area contributed by atoms with Gasteiger partial charge in [-0.2, -0.15) is 0 Å². The lowest BCUT2D eigenvalue weighted by Crippen LogP contribution is -2.36. The van der Waals surface area contributed by atoms with Crippen LogP contribution >= 0.6 is 0 Å². The minimum Gasteiger partial charge on any atom is -0.383 e. The van der Waals surface area contributed by atoms with E-state index in [0.29, 0.717) is 5.82 Å². The van der Waals surface area contributed by atoms with Crippen LogP contribution in [0.2, 0.25) is 0 Å². The van der Waals surface area contributed by atoms with E-state index in [9.17, 15) is 0 Å². The highest BCUT2D eigenvalue weighted by molar-refractivity contribution is 5.39. The Morgan fingerprint density at radius 1 is 1.35 bits per heavy atom. The SMILES string of the molecule is CC(C)(C)NCCC=CCc1cccnc1N. The molecule has 0 aliphatic carbocycles. The monoisotopic (exact) mass is 233 g/mol. The first-order valence-corrected chi connectivity index (χ1v) is 6.08. The Kier molecular flexibility index (Phi) is 5.16. The van der Waals surface area contributed by atoms with Crippen molar-refractivity contribution in [1.82, 2.24) is 10.3 Å². The average molecular weight is 233 g/mol. The number of nitrogen functional groups attached to an aromatic ring is 1. The highest BCUT2D eigenvalue weighted by Crippen LogP contribution is 2.08. The zero-order valence-corrected chi connectivity index (χ0v) is 11.0. The van der Waals surface area contributed by atoms with Crippen molar-refractivity contribution < 1.29 is 0 Å². The standard InChI is InChI=1S/C14H23N3/c1-14(2,3)17-11-6-4-5-8-12-9-7-10-16-13(12)15/h4-5,7,9-10,17H,6,8,11H2,1-3H3,(H2,15,16). The number of hydrogen-bond acceptors (Lipinski definition) is 3. The van der Waals surface area contributed by atoms with Crippen molar-refractivity contribution in [3.63, 3.8) is 0 Å². The van der Waals surface area contributed by atoms with E-state index in [2.05, 4.69) is 43.2 Å². The van der Waals surface area contributed by atoms with Gasteiger partial charge < -0.3 is 11.1 Å². The second-order valence-corrected chi connectivity index (χ2v) is 5.19. The third kappa shape index (κ3) is 6.07. The van der Waals surface area contributed by atoms with Crippen LogP contribution in [0.5, 0.6) is 0 Å². The number of rotatable bonds is 5. The number of aromatic nitrogens is 1. The molecule has 1 rings (SSSR count). The van der Waals surface area contributed by atoms with Gasteiger partial charge in [0.25, 0.3) is 0 Å². The molecule has 1 heterocycles. The molecule has 94 valence electrons. The molecule has 3 nitrogen and oxygen atoms in total. The Morgan fingerprint density at radius 3 is 2.76 bits per heavy atom. The predicted octanol–water partition coefficient (Wildman–Crippen LogP) is 2.54. The van der Waals surface area contributed by atoms with Gasteiger partial charge in [-0.25, -0.2) is 4.98 Å². The van der Waals surface area contributed by atoms with Gasteiger partial charge in [0.15, 0.2) is 0 Å². The fraction of sp³-hybridized carbons (Fsp3) is 0.500. The van der Waals surface area contributed by atoms with Gasteiger partial charge in [0, 0.05) is 11.7 Å². The van der Waals surface area contributed by atoms with Gasteiger partial charge in [-0.3, -0.25) is 0 Å². The Hall–Kier alpha value is -1.35. The Labute approximate surface area is 104 Å². The minimum atomic E-state index is 0.196. The zero-order valence-electron chi connectivity index (χ0n) is 11.0. The molecule has 0 fully saturated rings. The molecule has 0 bridgehead atoms. The lowest BCUT2D eigenvalue weighted by Gasteiger charge is -2.19. The molecule has 0 saturated carbocycles. The summed E-state index contributed by atoms with van der Waals surface area (Å²) in [5.74, 6) is 0.630. The highest BCUT2D eigenvalue weighted by atomic mass is 14.9. The summed E-state index contributed by atoms with van der Waals surface area (Å²) in [4.78, 5) is 4.06. The average Bonchev–Trinajstić information content (AvgIpc) is 2.24. The van der Waals surface area contributed by atoms with Crippen molar-refractivity contribution in [2.75, 3.05) is 12.3 Å². The second kappa shape index (κ2) is 6.40. The van der Waals surface area contributed by atoms with E-state index < -0.39 is 0 Å². The van der Waals surface area contributed by atoms with E-state index in [-0.39, 0.29) is 5.54 Å². The van der Waals surface area contributed by atoms with E-state index in [1.54, 1.807) is 6.20 Å². The third-order valence-corrected chi connectivity index (χ3v) is 2.40. The maximum absolute atomic E-state index is 5.76. The van der Waals surface area contributed by atoms with Crippen LogP contribution < -0.4 is 11.1 Å². The van der Waals surface area contributed by atoms with Crippen molar-refractivity contribution >= 4 is 5.82 Å². The Balaban J connectivity index is 2.25. The molecule has 0 aliphatic rings. The van der Waals surface area contributed by atoms with Crippen LogP contribution in [-0.4, -0.2) is 17.1 Å². The molecule has 0 aliphatic heterocycles. The first-order valence-electron chi connectivity index (χ1n) is 6.08. The van der Waals surface area contributed by atoms with E-state index in [4.69, 9.17) is 5.73 Å².